The Balaban J connectivity index is 1.46. The molecule has 164 valence electrons. The van der Waals surface area contributed by atoms with Crippen LogP contribution in [0.5, 0.6) is 5.75 Å². The zero-order valence-electron chi connectivity index (χ0n) is 17.5. The molecule has 6 nitrogen and oxygen atoms in total. The Morgan fingerprint density at radius 3 is 2.69 bits per heavy atom. The van der Waals surface area contributed by atoms with Gasteiger partial charge in [-0.05, 0) is 43.5 Å². The summed E-state index contributed by atoms with van der Waals surface area (Å²) < 4.78 is 23.0. The Hall–Kier alpha value is -3.13. The van der Waals surface area contributed by atoms with Gasteiger partial charge < -0.3 is 9.30 Å². The summed E-state index contributed by atoms with van der Waals surface area (Å²) in [5.74, 6) is 0.968. The van der Waals surface area contributed by atoms with Gasteiger partial charge in [0.05, 0.1) is 12.3 Å². The summed E-state index contributed by atoms with van der Waals surface area (Å²) in [7, 11) is 0. The van der Waals surface area contributed by atoms with E-state index in [0.717, 1.165) is 48.8 Å². The average Bonchev–Trinajstić information content (AvgIpc) is 2.98. The normalized spacial score (nSPS) is 13.7. The van der Waals surface area contributed by atoms with E-state index in [9.17, 15) is 9.18 Å². The van der Waals surface area contributed by atoms with Gasteiger partial charge in [-0.25, -0.2) is 9.37 Å². The van der Waals surface area contributed by atoms with Gasteiger partial charge in [0.15, 0.2) is 22.5 Å². The Bertz CT molecular complexity index is 1250. The largest absolute Gasteiger partial charge is 0.490 e. The Kier molecular flexibility index (Phi) is 5.94. The maximum atomic E-state index is 13.8. The molecule has 0 unspecified atom stereocenters. The van der Waals surface area contributed by atoms with Crippen molar-refractivity contribution in [2.45, 2.75) is 37.4 Å². The van der Waals surface area contributed by atoms with Crippen LogP contribution in [-0.2, 0) is 13.0 Å². The second-order valence-electron chi connectivity index (χ2n) is 7.68. The van der Waals surface area contributed by atoms with E-state index < -0.39 is 0 Å². The number of rotatable bonds is 6. The summed E-state index contributed by atoms with van der Waals surface area (Å²) >= 11 is 1.55. The molecule has 0 bridgehead atoms. The first-order chi connectivity index (χ1) is 15.7. The standard InChI is InChI=1S/C24H23FN4O2S/c25-18-11-6-7-13-20(18)31-15-16-32-24-26-22-21(19-12-5-2-8-14-28(19)24)23(30)29(27-22)17-9-3-1-4-10-17/h1,3-4,6-7,9-11,13H,2,5,8,12,14-16H2. The van der Waals surface area contributed by atoms with Crippen LogP contribution in [0.15, 0.2) is 64.5 Å². The van der Waals surface area contributed by atoms with Crippen molar-refractivity contribution in [3.05, 3.63) is 76.5 Å². The minimum absolute atomic E-state index is 0.121. The molecule has 0 amide bonds. The Morgan fingerprint density at radius 2 is 1.84 bits per heavy atom. The van der Waals surface area contributed by atoms with Crippen LogP contribution < -0.4 is 10.3 Å². The van der Waals surface area contributed by atoms with E-state index in [2.05, 4.69) is 9.67 Å². The molecule has 0 N–H and O–H groups in total. The van der Waals surface area contributed by atoms with Crippen LogP contribution >= 0.6 is 11.8 Å². The highest BCUT2D eigenvalue weighted by atomic mass is 32.2. The molecule has 0 aliphatic carbocycles. The lowest BCUT2D eigenvalue weighted by Crippen LogP contribution is -2.19. The molecule has 3 heterocycles. The van der Waals surface area contributed by atoms with Gasteiger partial charge in [0.25, 0.3) is 5.56 Å². The van der Waals surface area contributed by atoms with E-state index in [1.807, 2.05) is 30.3 Å². The number of thioether (sulfide) groups is 1. The van der Waals surface area contributed by atoms with E-state index in [1.165, 1.54) is 10.7 Å². The van der Waals surface area contributed by atoms with Crippen molar-refractivity contribution in [1.82, 2.24) is 19.3 Å². The third-order valence-corrected chi connectivity index (χ3v) is 6.52. The molecule has 2 aromatic rings. The number of para-hydroxylation sites is 2. The number of fused-ring (bicyclic) bond motifs is 3. The highest BCUT2D eigenvalue weighted by Gasteiger charge is 2.27. The van der Waals surface area contributed by atoms with E-state index in [0.29, 0.717) is 23.7 Å². The lowest BCUT2D eigenvalue weighted by atomic mass is 10.1. The van der Waals surface area contributed by atoms with Crippen LogP contribution in [0.2, 0.25) is 0 Å². The fraction of sp³-hybridized carbons (Fsp3) is 0.292. The number of halogens is 1. The molecule has 2 aromatic carbocycles. The number of ether oxygens (including phenoxy) is 1. The van der Waals surface area contributed by atoms with E-state index in [-0.39, 0.29) is 17.1 Å². The summed E-state index contributed by atoms with van der Waals surface area (Å²) in [6.07, 6.45) is 4.03. The van der Waals surface area contributed by atoms with Crippen molar-refractivity contribution >= 4 is 11.8 Å². The molecular weight excluding hydrogens is 427 g/mol. The van der Waals surface area contributed by atoms with Crippen LogP contribution in [0, 0.1) is 5.82 Å². The second kappa shape index (κ2) is 9.16. The van der Waals surface area contributed by atoms with Crippen LogP contribution in [0.1, 0.15) is 25.0 Å². The van der Waals surface area contributed by atoms with Crippen molar-refractivity contribution in [2.24, 2.45) is 0 Å². The van der Waals surface area contributed by atoms with Gasteiger partial charge in [0.2, 0.25) is 0 Å². The topological polar surface area (TPSA) is 61.9 Å². The number of aromatic nitrogens is 4. The molecule has 32 heavy (non-hydrogen) atoms. The van der Waals surface area contributed by atoms with Gasteiger partial charge in [-0.1, -0.05) is 48.5 Å². The van der Waals surface area contributed by atoms with Crippen LogP contribution in [0.3, 0.4) is 0 Å². The molecule has 8 heteroatoms. The fourth-order valence-corrected chi connectivity index (χ4v) is 4.91. The van der Waals surface area contributed by atoms with E-state index in [4.69, 9.17) is 9.72 Å². The first-order valence-corrected chi connectivity index (χ1v) is 11.8. The van der Waals surface area contributed by atoms with Gasteiger partial charge in [-0.2, -0.15) is 4.68 Å². The monoisotopic (exact) mass is 450 g/mol. The first kappa shape index (κ1) is 20.8. The van der Waals surface area contributed by atoms with Crippen LogP contribution in [0.25, 0.3) is 17.1 Å². The summed E-state index contributed by atoms with van der Waals surface area (Å²) in [5, 5.41) is 5.38. The lowest BCUT2D eigenvalue weighted by Gasteiger charge is -2.17. The third-order valence-electron chi connectivity index (χ3n) is 5.58. The number of hydrogen-bond acceptors (Lipinski definition) is 5. The molecule has 5 rings (SSSR count). The SMILES string of the molecule is O=c1c2c3n(c(SCCOc4ccccc4F)nc-2nn1-c1ccccc1)CCCCC3. The second-order valence-corrected chi connectivity index (χ2v) is 8.74. The summed E-state index contributed by atoms with van der Waals surface area (Å²) in [6.45, 7) is 1.18. The first-order valence-electron chi connectivity index (χ1n) is 10.8. The summed E-state index contributed by atoms with van der Waals surface area (Å²) in [4.78, 5) is 18.0. The van der Waals surface area contributed by atoms with Gasteiger partial charge in [0.1, 0.15) is 5.56 Å². The maximum absolute atomic E-state index is 13.8. The minimum atomic E-state index is -0.366. The molecule has 0 saturated carbocycles. The minimum Gasteiger partial charge on any atom is -0.490 e. The van der Waals surface area contributed by atoms with Crippen LogP contribution in [0.4, 0.5) is 4.39 Å². The van der Waals surface area contributed by atoms with Crippen molar-refractivity contribution in [1.29, 1.82) is 0 Å². The van der Waals surface area contributed by atoms with Gasteiger partial charge in [0, 0.05) is 18.0 Å². The molecule has 0 atom stereocenters. The third kappa shape index (κ3) is 4.02. The van der Waals surface area contributed by atoms with E-state index in [1.54, 1.807) is 30.0 Å². The van der Waals surface area contributed by atoms with Crippen molar-refractivity contribution in [3.8, 4) is 22.8 Å². The molecule has 0 aromatic heterocycles. The predicted molar refractivity (Wildman–Crippen MR) is 122 cm³/mol. The highest BCUT2D eigenvalue weighted by molar-refractivity contribution is 7.99. The molecule has 3 aliphatic rings. The molecular formula is C24H23FN4O2S. The maximum Gasteiger partial charge on any atom is 0.284 e. The molecule has 0 radical (unpaired) electrons. The number of nitrogens with zero attached hydrogens (tertiary/aromatic N) is 4. The fourth-order valence-electron chi connectivity index (χ4n) is 4.05. The zero-order valence-corrected chi connectivity index (χ0v) is 18.4. The molecule has 0 saturated heterocycles. The van der Waals surface area contributed by atoms with E-state index >= 15 is 0 Å². The van der Waals surface area contributed by atoms with Gasteiger partial charge in [-0.15, -0.1) is 5.10 Å². The molecule has 3 aliphatic heterocycles. The zero-order chi connectivity index (χ0) is 21.9. The van der Waals surface area contributed by atoms with Crippen molar-refractivity contribution in [2.75, 3.05) is 12.4 Å². The Morgan fingerprint density at radius 1 is 1.03 bits per heavy atom. The highest BCUT2D eigenvalue weighted by Crippen LogP contribution is 2.30. The smallest absolute Gasteiger partial charge is 0.284 e. The van der Waals surface area contributed by atoms with Crippen molar-refractivity contribution < 1.29 is 9.13 Å². The van der Waals surface area contributed by atoms with Crippen molar-refractivity contribution in [3.63, 3.8) is 0 Å². The predicted octanol–water partition coefficient (Wildman–Crippen LogP) is 4.57. The number of hydrogen-bond donors (Lipinski definition) is 0. The summed E-state index contributed by atoms with van der Waals surface area (Å²) in [5.41, 5.74) is 2.24. The lowest BCUT2D eigenvalue weighted by molar-refractivity contribution is 0.324. The van der Waals surface area contributed by atoms with Crippen LogP contribution in [-0.4, -0.2) is 31.7 Å². The molecule has 0 fully saturated rings. The molecule has 0 spiro atoms. The Labute approximate surface area is 189 Å². The quantitative estimate of drug-likeness (QED) is 0.245. The van der Waals surface area contributed by atoms with Gasteiger partial charge in [-0.3, -0.25) is 4.79 Å². The number of benzene rings is 2. The summed E-state index contributed by atoms with van der Waals surface area (Å²) in [6, 6.07) is 15.8. The average molecular weight is 451 g/mol. The van der Waals surface area contributed by atoms with Gasteiger partial charge >= 0.3 is 0 Å².